The first kappa shape index (κ1) is 20.2. The fourth-order valence-corrected chi connectivity index (χ4v) is 6.04. The molecule has 156 valence electrons. The lowest BCUT2D eigenvalue weighted by atomic mass is 9.51. The van der Waals surface area contributed by atoms with E-state index in [2.05, 4.69) is 0 Å². The normalized spacial score (nSPS) is 44.1. The molecular weight excluding hydrogens is 376 g/mol. The largest absolute Gasteiger partial charge is 0.459 e. The Labute approximate surface area is 168 Å². The lowest BCUT2D eigenvalue weighted by Crippen LogP contribution is -2.61. The number of aliphatic hydroxyl groups is 2. The monoisotopic (exact) mass is 402 g/mol. The van der Waals surface area contributed by atoms with Gasteiger partial charge in [0.25, 0.3) is 0 Å². The topological polar surface area (TPSA) is 118 Å². The number of Topliss-reactive ketones (excluding diaryl/α,β-unsaturated/α-hetero) is 3. The molecule has 0 saturated heterocycles. The second kappa shape index (κ2) is 5.95. The molecule has 7 unspecified atom stereocenters. The summed E-state index contributed by atoms with van der Waals surface area (Å²) in [6.07, 6.45) is -3.76. The summed E-state index contributed by atoms with van der Waals surface area (Å²) in [4.78, 5) is 51.3. The summed E-state index contributed by atoms with van der Waals surface area (Å²) in [6.45, 7) is 8.08. The van der Waals surface area contributed by atoms with Crippen molar-refractivity contribution in [3.63, 3.8) is 0 Å². The number of carbonyl (C=O) groups is 4. The highest BCUT2D eigenvalue weighted by molar-refractivity contribution is 6.20. The van der Waals surface area contributed by atoms with Gasteiger partial charge < -0.3 is 14.9 Å². The Balaban J connectivity index is 2.00. The van der Waals surface area contributed by atoms with Crippen LogP contribution >= 0.6 is 0 Å². The molecule has 0 heterocycles. The summed E-state index contributed by atoms with van der Waals surface area (Å²) < 4.78 is 5.47. The molecule has 0 aromatic rings. The van der Waals surface area contributed by atoms with E-state index in [9.17, 15) is 29.4 Å². The Morgan fingerprint density at radius 3 is 2.28 bits per heavy atom. The maximum atomic E-state index is 13.4. The number of ether oxygens (including phenoxy) is 1. The van der Waals surface area contributed by atoms with Gasteiger partial charge in [0.05, 0.1) is 5.41 Å². The zero-order chi connectivity index (χ0) is 21.6. The highest BCUT2D eigenvalue weighted by atomic mass is 16.6. The maximum absolute atomic E-state index is 13.4. The van der Waals surface area contributed by atoms with E-state index in [-0.39, 0.29) is 29.3 Å². The first-order chi connectivity index (χ1) is 13.4. The van der Waals surface area contributed by atoms with Gasteiger partial charge in [0, 0.05) is 35.8 Å². The van der Waals surface area contributed by atoms with Crippen molar-refractivity contribution in [3.05, 3.63) is 22.3 Å². The van der Waals surface area contributed by atoms with E-state index in [1.807, 2.05) is 0 Å². The van der Waals surface area contributed by atoms with E-state index in [1.54, 1.807) is 27.7 Å². The van der Waals surface area contributed by atoms with Crippen LogP contribution in [-0.4, -0.2) is 51.8 Å². The van der Waals surface area contributed by atoms with E-state index in [0.29, 0.717) is 17.6 Å². The SMILES string of the molecule is CC(=O)OC1C(O)C2=C(C(=O)C(O)C3(CC3C)C2=O)C2(C)CC(=O)C(C)=C(C)C12. The maximum Gasteiger partial charge on any atom is 0.303 e. The number of hydrogen-bond acceptors (Lipinski definition) is 7. The molecule has 0 amide bonds. The first-order valence-corrected chi connectivity index (χ1v) is 9.97. The third-order valence-electron chi connectivity index (χ3n) is 7.78. The fraction of sp³-hybridized carbons (Fsp3) is 0.636. The second-order valence-corrected chi connectivity index (χ2v) is 9.35. The number of hydrogen-bond donors (Lipinski definition) is 2. The number of esters is 1. The average Bonchev–Trinajstić information content (AvgIpc) is 3.30. The Kier molecular flexibility index (Phi) is 4.14. The van der Waals surface area contributed by atoms with Crippen LogP contribution in [0.3, 0.4) is 0 Å². The van der Waals surface area contributed by atoms with Crippen LogP contribution < -0.4 is 0 Å². The molecule has 29 heavy (non-hydrogen) atoms. The van der Waals surface area contributed by atoms with E-state index in [1.165, 1.54) is 6.92 Å². The quantitative estimate of drug-likeness (QED) is 0.630. The zero-order valence-corrected chi connectivity index (χ0v) is 17.2. The third-order valence-corrected chi connectivity index (χ3v) is 7.78. The molecule has 0 aromatic heterocycles. The van der Waals surface area contributed by atoms with Gasteiger partial charge in [-0.25, -0.2) is 0 Å². The van der Waals surface area contributed by atoms with Crippen LogP contribution in [0.5, 0.6) is 0 Å². The highest BCUT2D eigenvalue weighted by Crippen LogP contribution is 2.64. The standard InChI is InChI=1S/C22H26O7/c1-8-6-22(8)19(27)13-15(17(26)20(22)28)21(5)7-12(24)9(2)10(3)14(21)18(16(13)25)29-11(4)23/h8,14,16,18,20,25,28H,6-7H2,1-5H3. The van der Waals surface area contributed by atoms with Crippen molar-refractivity contribution in [2.24, 2.45) is 22.7 Å². The smallest absolute Gasteiger partial charge is 0.303 e. The number of aliphatic hydroxyl groups excluding tert-OH is 2. The van der Waals surface area contributed by atoms with Gasteiger partial charge in [0.15, 0.2) is 17.3 Å². The van der Waals surface area contributed by atoms with Crippen LogP contribution in [0.2, 0.25) is 0 Å². The molecule has 7 nitrogen and oxygen atoms in total. The Bertz CT molecular complexity index is 941. The predicted octanol–water partition coefficient (Wildman–Crippen LogP) is 1.06. The molecular formula is C22H26O7. The molecule has 1 fully saturated rings. The third kappa shape index (κ3) is 2.31. The molecule has 0 aliphatic heterocycles. The van der Waals surface area contributed by atoms with Gasteiger partial charge in [-0.15, -0.1) is 0 Å². The van der Waals surface area contributed by atoms with Crippen molar-refractivity contribution in [1.82, 2.24) is 0 Å². The summed E-state index contributed by atoms with van der Waals surface area (Å²) in [7, 11) is 0. The zero-order valence-electron chi connectivity index (χ0n) is 17.2. The number of rotatable bonds is 1. The van der Waals surface area contributed by atoms with Gasteiger partial charge in [-0.2, -0.15) is 0 Å². The van der Waals surface area contributed by atoms with Gasteiger partial charge in [-0.05, 0) is 31.8 Å². The molecule has 4 aliphatic rings. The molecule has 0 bridgehead atoms. The summed E-state index contributed by atoms with van der Waals surface area (Å²) in [6, 6.07) is 0. The van der Waals surface area contributed by atoms with Gasteiger partial charge in [-0.3, -0.25) is 19.2 Å². The summed E-state index contributed by atoms with van der Waals surface area (Å²) in [5.41, 5.74) is -1.31. The van der Waals surface area contributed by atoms with Crippen molar-refractivity contribution >= 4 is 23.3 Å². The van der Waals surface area contributed by atoms with Crippen LogP contribution in [0.25, 0.3) is 0 Å². The number of fused-ring (bicyclic) bond motifs is 2. The first-order valence-electron chi connectivity index (χ1n) is 9.97. The molecule has 7 heteroatoms. The number of ketones is 3. The van der Waals surface area contributed by atoms with Crippen molar-refractivity contribution in [3.8, 4) is 0 Å². The van der Waals surface area contributed by atoms with Crippen LogP contribution in [0, 0.1) is 22.7 Å². The van der Waals surface area contributed by atoms with Crippen LogP contribution in [0.15, 0.2) is 22.3 Å². The molecule has 4 aliphatic carbocycles. The van der Waals surface area contributed by atoms with E-state index < -0.39 is 52.6 Å². The van der Waals surface area contributed by atoms with Crippen molar-refractivity contribution < 1.29 is 34.1 Å². The molecule has 7 atom stereocenters. The Morgan fingerprint density at radius 1 is 1.17 bits per heavy atom. The predicted molar refractivity (Wildman–Crippen MR) is 100 cm³/mol. The molecule has 0 aromatic carbocycles. The van der Waals surface area contributed by atoms with Crippen LogP contribution in [0.4, 0.5) is 0 Å². The summed E-state index contributed by atoms with van der Waals surface area (Å²) >= 11 is 0. The Hall–Kier alpha value is -2.12. The van der Waals surface area contributed by atoms with E-state index in [4.69, 9.17) is 4.74 Å². The van der Waals surface area contributed by atoms with Gasteiger partial charge >= 0.3 is 5.97 Å². The Morgan fingerprint density at radius 2 is 1.76 bits per heavy atom. The molecule has 1 spiro atoms. The number of allylic oxidation sites excluding steroid dienone is 1. The van der Waals surface area contributed by atoms with Crippen LogP contribution in [-0.2, 0) is 23.9 Å². The van der Waals surface area contributed by atoms with Crippen molar-refractivity contribution in [1.29, 1.82) is 0 Å². The minimum Gasteiger partial charge on any atom is -0.459 e. The van der Waals surface area contributed by atoms with Gasteiger partial charge in [0.1, 0.15) is 18.3 Å². The summed E-state index contributed by atoms with van der Waals surface area (Å²) in [5.74, 6) is -2.69. The molecule has 4 rings (SSSR count). The number of carbonyl (C=O) groups excluding carboxylic acids is 4. The molecule has 0 radical (unpaired) electrons. The van der Waals surface area contributed by atoms with Crippen molar-refractivity contribution in [2.45, 2.75) is 65.8 Å². The van der Waals surface area contributed by atoms with Gasteiger partial charge in [-0.1, -0.05) is 19.4 Å². The van der Waals surface area contributed by atoms with E-state index in [0.717, 1.165) is 0 Å². The minimum atomic E-state index is -1.49. The van der Waals surface area contributed by atoms with E-state index >= 15 is 0 Å². The molecule has 1 saturated carbocycles. The van der Waals surface area contributed by atoms with Gasteiger partial charge in [0.2, 0.25) is 0 Å². The highest BCUT2D eigenvalue weighted by Gasteiger charge is 2.71. The lowest BCUT2D eigenvalue weighted by molar-refractivity contribution is -0.163. The minimum absolute atomic E-state index is 0.0285. The van der Waals surface area contributed by atoms with Crippen molar-refractivity contribution in [2.75, 3.05) is 0 Å². The lowest BCUT2D eigenvalue weighted by Gasteiger charge is -2.53. The van der Waals surface area contributed by atoms with Crippen LogP contribution in [0.1, 0.15) is 47.5 Å². The summed E-state index contributed by atoms with van der Waals surface area (Å²) in [5, 5.41) is 21.9. The fourth-order valence-electron chi connectivity index (χ4n) is 6.04. The molecule has 2 N–H and O–H groups in total. The second-order valence-electron chi connectivity index (χ2n) is 9.35. The average molecular weight is 402 g/mol.